The van der Waals surface area contributed by atoms with Gasteiger partial charge in [0, 0.05) is 8.27 Å². The van der Waals surface area contributed by atoms with Gasteiger partial charge in [-0.25, -0.2) is 0 Å². The Morgan fingerprint density at radius 2 is 2.15 bits per heavy atom. The minimum absolute atomic E-state index is 0.904. The minimum Gasteiger partial charge on any atom is -0.391 e. The summed E-state index contributed by atoms with van der Waals surface area (Å²) in [5.41, 5.74) is 7.15. The number of thiophene rings is 1. The van der Waals surface area contributed by atoms with Crippen LogP contribution >= 0.6 is 33.9 Å². The first-order valence-corrected chi connectivity index (χ1v) is 6.07. The molecule has 1 heterocycles. The molecule has 0 fully saturated rings. The maximum Gasteiger partial charge on any atom is 0.0869 e. The summed E-state index contributed by atoms with van der Waals surface area (Å²) in [6.45, 7) is 2.17. The van der Waals surface area contributed by atoms with E-state index in [2.05, 4.69) is 47.7 Å². The molecule has 0 aliphatic carbocycles. The van der Waals surface area contributed by atoms with Gasteiger partial charge >= 0.3 is 0 Å². The minimum atomic E-state index is 0.904. The van der Waals surface area contributed by atoms with E-state index in [9.17, 15) is 0 Å². The molecule has 2 aromatic rings. The zero-order valence-electron chi connectivity index (χ0n) is 7.30. The van der Waals surface area contributed by atoms with Crippen molar-refractivity contribution in [1.82, 2.24) is 0 Å². The number of benzene rings is 1. The lowest BCUT2D eigenvalue weighted by molar-refractivity contribution is 1.14. The molecular formula is C10H10INS. The topological polar surface area (TPSA) is 26.0 Å². The lowest BCUT2D eigenvalue weighted by Crippen LogP contribution is -1.80. The van der Waals surface area contributed by atoms with Crippen LogP contribution in [0.25, 0.3) is 10.1 Å². The van der Waals surface area contributed by atoms with Crippen LogP contribution in [-0.2, 0) is 6.42 Å². The third-order valence-electron chi connectivity index (χ3n) is 2.06. The first-order chi connectivity index (χ1) is 6.20. The molecule has 2 N–H and O–H groups in total. The Labute approximate surface area is 95.1 Å². The van der Waals surface area contributed by atoms with Gasteiger partial charge < -0.3 is 5.73 Å². The normalized spacial score (nSPS) is 10.9. The van der Waals surface area contributed by atoms with Gasteiger partial charge in [-0.15, -0.1) is 11.3 Å². The molecule has 2 rings (SSSR count). The molecule has 3 heteroatoms. The molecule has 0 saturated carbocycles. The predicted octanol–water partition coefficient (Wildman–Crippen LogP) is 3.65. The van der Waals surface area contributed by atoms with Crippen LogP contribution in [0.1, 0.15) is 12.5 Å². The molecule has 0 radical (unpaired) electrons. The molecule has 0 amide bonds. The van der Waals surface area contributed by atoms with E-state index in [1.54, 1.807) is 11.3 Å². The van der Waals surface area contributed by atoms with Crippen molar-refractivity contribution < 1.29 is 0 Å². The smallest absolute Gasteiger partial charge is 0.0869 e. The van der Waals surface area contributed by atoms with Crippen molar-refractivity contribution in [3.63, 3.8) is 0 Å². The third kappa shape index (κ3) is 1.67. The highest BCUT2D eigenvalue weighted by Gasteiger charge is 2.04. The Balaban J connectivity index is 2.75. The summed E-state index contributed by atoms with van der Waals surface area (Å²) in [4.78, 5) is 0. The van der Waals surface area contributed by atoms with Crippen LogP contribution in [0.15, 0.2) is 18.2 Å². The zero-order chi connectivity index (χ0) is 9.42. The monoisotopic (exact) mass is 303 g/mol. The van der Waals surface area contributed by atoms with Crippen molar-refractivity contribution in [3.8, 4) is 0 Å². The zero-order valence-corrected chi connectivity index (χ0v) is 10.3. The molecule has 68 valence electrons. The summed E-state index contributed by atoms with van der Waals surface area (Å²) in [6, 6.07) is 6.52. The molecule has 0 atom stereocenters. The quantitative estimate of drug-likeness (QED) is 0.800. The maximum absolute atomic E-state index is 5.77. The van der Waals surface area contributed by atoms with E-state index in [4.69, 9.17) is 5.73 Å². The molecular weight excluding hydrogens is 293 g/mol. The average molecular weight is 303 g/mol. The summed E-state index contributed by atoms with van der Waals surface area (Å²) >= 11 is 4.04. The number of fused-ring (bicyclic) bond motifs is 1. The molecule has 1 nitrogen and oxygen atoms in total. The summed E-state index contributed by atoms with van der Waals surface area (Å²) in [7, 11) is 0. The molecule has 13 heavy (non-hydrogen) atoms. The van der Waals surface area contributed by atoms with Crippen molar-refractivity contribution in [2.24, 2.45) is 0 Å². The molecule has 0 saturated heterocycles. The molecule has 0 aliphatic heterocycles. The molecule has 0 spiro atoms. The fraction of sp³-hybridized carbons (Fsp3) is 0.200. The van der Waals surface area contributed by atoms with Gasteiger partial charge in [0.05, 0.1) is 5.00 Å². The fourth-order valence-electron chi connectivity index (χ4n) is 1.39. The Morgan fingerprint density at radius 1 is 1.38 bits per heavy atom. The number of anilines is 1. The third-order valence-corrected chi connectivity index (χ3v) is 4.29. The summed E-state index contributed by atoms with van der Waals surface area (Å²) < 4.78 is 2.63. The van der Waals surface area contributed by atoms with Crippen LogP contribution in [0.5, 0.6) is 0 Å². The number of aryl methyl sites for hydroxylation is 1. The fourth-order valence-corrected chi connectivity index (χ4v) is 3.25. The van der Waals surface area contributed by atoms with Gasteiger partial charge in [0.15, 0.2) is 0 Å². The van der Waals surface area contributed by atoms with Gasteiger partial charge in [0.2, 0.25) is 0 Å². The van der Waals surface area contributed by atoms with Gasteiger partial charge in [0.1, 0.15) is 0 Å². The van der Waals surface area contributed by atoms with E-state index < -0.39 is 0 Å². The maximum atomic E-state index is 5.77. The second kappa shape index (κ2) is 3.46. The van der Waals surface area contributed by atoms with E-state index in [0.717, 1.165) is 11.4 Å². The van der Waals surface area contributed by atoms with Crippen LogP contribution in [0, 0.1) is 3.57 Å². The number of hydrogen-bond donors (Lipinski definition) is 1. The first kappa shape index (κ1) is 9.27. The van der Waals surface area contributed by atoms with Crippen molar-refractivity contribution in [3.05, 3.63) is 27.3 Å². The van der Waals surface area contributed by atoms with Gasteiger partial charge in [0.25, 0.3) is 0 Å². The first-order valence-electron chi connectivity index (χ1n) is 4.18. The number of nitrogen functional groups attached to an aromatic ring is 1. The molecule has 0 unspecified atom stereocenters. The van der Waals surface area contributed by atoms with Crippen molar-refractivity contribution in [2.75, 3.05) is 5.73 Å². The summed E-state index contributed by atoms with van der Waals surface area (Å²) in [5.74, 6) is 0. The lowest BCUT2D eigenvalue weighted by Gasteiger charge is -1.98. The van der Waals surface area contributed by atoms with Gasteiger partial charge in [-0.3, -0.25) is 0 Å². The lowest BCUT2D eigenvalue weighted by atomic mass is 10.1. The van der Waals surface area contributed by atoms with Crippen molar-refractivity contribution >= 4 is 49.0 Å². The Hall–Kier alpha value is -0.290. The number of rotatable bonds is 1. The van der Waals surface area contributed by atoms with Gasteiger partial charge in [-0.2, -0.15) is 0 Å². The largest absolute Gasteiger partial charge is 0.391 e. The average Bonchev–Trinajstić information content (AvgIpc) is 2.46. The molecule has 0 bridgehead atoms. The van der Waals surface area contributed by atoms with Crippen LogP contribution in [0.2, 0.25) is 0 Å². The van der Waals surface area contributed by atoms with E-state index >= 15 is 0 Å². The number of halogens is 1. The number of hydrogen-bond acceptors (Lipinski definition) is 2. The Kier molecular flexibility index (Phi) is 2.47. The van der Waals surface area contributed by atoms with Crippen LogP contribution < -0.4 is 5.73 Å². The van der Waals surface area contributed by atoms with Crippen LogP contribution in [-0.4, -0.2) is 0 Å². The predicted molar refractivity (Wildman–Crippen MR) is 68.3 cm³/mol. The van der Waals surface area contributed by atoms with Crippen LogP contribution in [0.3, 0.4) is 0 Å². The molecule has 1 aromatic heterocycles. The van der Waals surface area contributed by atoms with E-state index in [1.807, 2.05) is 0 Å². The standard InChI is InChI=1S/C10H10INS/c1-2-6-3-7-5-9(12)13-10(7)8(11)4-6/h3-5H,2,12H2,1H3. The summed E-state index contributed by atoms with van der Waals surface area (Å²) in [5, 5.41) is 2.19. The molecule has 0 aliphatic rings. The Morgan fingerprint density at radius 3 is 2.85 bits per heavy atom. The highest BCUT2D eigenvalue weighted by Crippen LogP contribution is 2.32. The second-order valence-corrected chi connectivity index (χ2v) is 5.24. The van der Waals surface area contributed by atoms with Gasteiger partial charge in [-0.05, 0) is 52.1 Å². The Bertz CT molecular complexity index is 447. The second-order valence-electron chi connectivity index (χ2n) is 3.00. The van der Waals surface area contributed by atoms with E-state index in [-0.39, 0.29) is 0 Å². The van der Waals surface area contributed by atoms with Crippen molar-refractivity contribution in [1.29, 1.82) is 0 Å². The van der Waals surface area contributed by atoms with Crippen molar-refractivity contribution in [2.45, 2.75) is 13.3 Å². The van der Waals surface area contributed by atoms with E-state index in [0.29, 0.717) is 0 Å². The molecule has 1 aromatic carbocycles. The highest BCUT2D eigenvalue weighted by molar-refractivity contribution is 14.1. The van der Waals surface area contributed by atoms with E-state index in [1.165, 1.54) is 19.2 Å². The van der Waals surface area contributed by atoms with Gasteiger partial charge in [-0.1, -0.05) is 13.0 Å². The highest BCUT2D eigenvalue weighted by atomic mass is 127. The summed E-state index contributed by atoms with van der Waals surface area (Å²) in [6.07, 6.45) is 1.09. The number of nitrogens with two attached hydrogens (primary N) is 1. The SMILES string of the molecule is CCc1cc(I)c2sc(N)cc2c1. The van der Waals surface area contributed by atoms with Crippen LogP contribution in [0.4, 0.5) is 5.00 Å².